The lowest BCUT2D eigenvalue weighted by molar-refractivity contribution is -0.0682. The van der Waals surface area contributed by atoms with Gasteiger partial charge in [0.25, 0.3) is 0 Å². The van der Waals surface area contributed by atoms with Gasteiger partial charge < -0.3 is 9.47 Å². The van der Waals surface area contributed by atoms with Crippen LogP contribution in [0.3, 0.4) is 0 Å². The van der Waals surface area contributed by atoms with Gasteiger partial charge in [0.05, 0.1) is 18.8 Å². The van der Waals surface area contributed by atoms with Crippen molar-refractivity contribution < 1.29 is 9.47 Å². The van der Waals surface area contributed by atoms with E-state index in [-0.39, 0.29) is 0 Å². The molecule has 2 atom stereocenters. The lowest BCUT2D eigenvalue weighted by Crippen LogP contribution is -2.45. The van der Waals surface area contributed by atoms with E-state index in [1.807, 2.05) is 30.3 Å². The first-order valence-electron chi connectivity index (χ1n) is 8.81. The molecule has 24 heavy (non-hydrogen) atoms. The van der Waals surface area contributed by atoms with Crippen molar-refractivity contribution >= 4 is 22.4 Å². The van der Waals surface area contributed by atoms with Gasteiger partial charge in [-0.1, -0.05) is 35.9 Å². The Kier molecular flexibility index (Phi) is 5.99. The van der Waals surface area contributed by atoms with Crippen LogP contribution in [0.1, 0.15) is 26.7 Å². The average molecular weight is 348 g/mol. The molecule has 0 aliphatic carbocycles. The lowest BCUT2D eigenvalue weighted by atomic mass is 10.1. The highest BCUT2D eigenvalue weighted by molar-refractivity contribution is 6.35. The van der Waals surface area contributed by atoms with E-state index in [0.29, 0.717) is 12.2 Å². The summed E-state index contributed by atoms with van der Waals surface area (Å²) in [6, 6.07) is 12.0. The second-order valence-electron chi connectivity index (χ2n) is 6.66. The second kappa shape index (κ2) is 8.19. The molecule has 1 fully saturated rings. The molecule has 0 radical (unpaired) electrons. The molecule has 0 N–H and O–H groups in total. The predicted molar refractivity (Wildman–Crippen MR) is 100 cm³/mol. The van der Waals surface area contributed by atoms with E-state index in [0.717, 1.165) is 60.6 Å². The van der Waals surface area contributed by atoms with Gasteiger partial charge in [-0.25, -0.2) is 0 Å². The van der Waals surface area contributed by atoms with Gasteiger partial charge in [0, 0.05) is 28.9 Å². The molecular weight excluding hydrogens is 322 g/mol. The van der Waals surface area contributed by atoms with Gasteiger partial charge in [-0.15, -0.1) is 0 Å². The summed E-state index contributed by atoms with van der Waals surface area (Å²) in [5.41, 5.74) is 0. The molecule has 0 spiro atoms. The molecule has 1 saturated heterocycles. The van der Waals surface area contributed by atoms with E-state index in [9.17, 15) is 0 Å². The normalized spacial score (nSPS) is 22.0. The number of morpholine rings is 1. The zero-order valence-corrected chi connectivity index (χ0v) is 15.3. The van der Waals surface area contributed by atoms with Crippen molar-refractivity contribution in [2.45, 2.75) is 38.9 Å². The van der Waals surface area contributed by atoms with Crippen LogP contribution in [0.5, 0.6) is 5.75 Å². The van der Waals surface area contributed by atoms with Crippen LogP contribution in [0.25, 0.3) is 10.8 Å². The molecule has 2 aromatic carbocycles. The summed E-state index contributed by atoms with van der Waals surface area (Å²) in [6.45, 7) is 8.22. The summed E-state index contributed by atoms with van der Waals surface area (Å²) in [7, 11) is 0. The van der Waals surface area contributed by atoms with E-state index in [1.54, 1.807) is 0 Å². The number of benzene rings is 2. The minimum absolute atomic E-state index is 0.338. The number of rotatable bonds is 6. The van der Waals surface area contributed by atoms with Crippen LogP contribution in [0.15, 0.2) is 36.4 Å². The Morgan fingerprint density at radius 1 is 1.04 bits per heavy atom. The van der Waals surface area contributed by atoms with Crippen molar-refractivity contribution in [2.75, 3.05) is 26.2 Å². The molecular formula is C20H26ClNO2. The van der Waals surface area contributed by atoms with Crippen molar-refractivity contribution in [3.63, 3.8) is 0 Å². The molecule has 1 aliphatic heterocycles. The summed E-state index contributed by atoms with van der Waals surface area (Å²) in [4.78, 5) is 2.50. The number of halogens is 1. The fraction of sp³-hybridized carbons (Fsp3) is 0.500. The largest absolute Gasteiger partial charge is 0.493 e. The highest BCUT2D eigenvalue weighted by Crippen LogP contribution is 2.31. The summed E-state index contributed by atoms with van der Waals surface area (Å²) in [5.74, 6) is 0.920. The number of hydrogen-bond acceptors (Lipinski definition) is 3. The third-order valence-corrected chi connectivity index (χ3v) is 4.78. The Morgan fingerprint density at radius 3 is 2.50 bits per heavy atom. The van der Waals surface area contributed by atoms with Gasteiger partial charge in [0.1, 0.15) is 5.75 Å². The van der Waals surface area contributed by atoms with Crippen LogP contribution >= 0.6 is 11.6 Å². The topological polar surface area (TPSA) is 21.7 Å². The fourth-order valence-electron chi connectivity index (χ4n) is 3.45. The van der Waals surface area contributed by atoms with Crippen LogP contribution in [0.2, 0.25) is 5.02 Å². The van der Waals surface area contributed by atoms with Crippen molar-refractivity contribution in [3.8, 4) is 5.75 Å². The van der Waals surface area contributed by atoms with Crippen LogP contribution in [0, 0.1) is 0 Å². The van der Waals surface area contributed by atoms with Crippen LogP contribution in [0.4, 0.5) is 0 Å². The minimum Gasteiger partial charge on any atom is -0.493 e. The third kappa shape index (κ3) is 4.41. The predicted octanol–water partition coefficient (Wildman–Crippen LogP) is 4.76. The first kappa shape index (κ1) is 17.5. The van der Waals surface area contributed by atoms with Gasteiger partial charge >= 0.3 is 0 Å². The minimum atomic E-state index is 0.338. The van der Waals surface area contributed by atoms with E-state index < -0.39 is 0 Å². The Hall–Kier alpha value is -1.29. The average Bonchev–Trinajstić information content (AvgIpc) is 2.56. The van der Waals surface area contributed by atoms with Crippen molar-refractivity contribution in [1.29, 1.82) is 0 Å². The van der Waals surface area contributed by atoms with Crippen LogP contribution in [-0.2, 0) is 4.74 Å². The fourth-order valence-corrected chi connectivity index (χ4v) is 3.67. The maximum absolute atomic E-state index is 6.25. The van der Waals surface area contributed by atoms with Gasteiger partial charge in [0.15, 0.2) is 0 Å². The lowest BCUT2D eigenvalue weighted by Gasteiger charge is -2.35. The standard InChI is InChI=1S/C20H26ClNO2/c1-15-13-22(14-16(2)24-15)11-5-6-12-23-20-10-9-19(21)17-7-3-4-8-18(17)20/h3-4,7-10,15-16H,5-6,11-14H2,1-2H3/t15-,16+. The Bertz CT molecular complexity index is 666. The van der Waals surface area contributed by atoms with Crippen LogP contribution in [-0.4, -0.2) is 43.3 Å². The maximum Gasteiger partial charge on any atom is 0.127 e. The number of hydrogen-bond donors (Lipinski definition) is 0. The van der Waals surface area contributed by atoms with E-state index in [4.69, 9.17) is 21.1 Å². The molecule has 2 aromatic rings. The smallest absolute Gasteiger partial charge is 0.127 e. The molecule has 130 valence electrons. The quantitative estimate of drug-likeness (QED) is 0.703. The number of nitrogens with zero attached hydrogens (tertiary/aromatic N) is 1. The van der Waals surface area contributed by atoms with Gasteiger partial charge in [-0.05, 0) is 45.4 Å². The molecule has 0 unspecified atom stereocenters. The molecule has 4 heteroatoms. The zero-order valence-electron chi connectivity index (χ0n) is 14.5. The molecule has 0 aromatic heterocycles. The van der Waals surface area contributed by atoms with Gasteiger partial charge in [0.2, 0.25) is 0 Å². The highest BCUT2D eigenvalue weighted by atomic mass is 35.5. The summed E-state index contributed by atoms with van der Waals surface area (Å²) >= 11 is 6.25. The Labute approximate surface area is 149 Å². The van der Waals surface area contributed by atoms with Gasteiger partial charge in [-0.3, -0.25) is 4.90 Å². The molecule has 3 nitrogen and oxygen atoms in total. The maximum atomic E-state index is 6.25. The number of fused-ring (bicyclic) bond motifs is 1. The van der Waals surface area contributed by atoms with Gasteiger partial charge in [-0.2, -0.15) is 0 Å². The van der Waals surface area contributed by atoms with E-state index in [2.05, 4.69) is 24.8 Å². The van der Waals surface area contributed by atoms with Crippen molar-refractivity contribution in [3.05, 3.63) is 41.4 Å². The van der Waals surface area contributed by atoms with E-state index >= 15 is 0 Å². The van der Waals surface area contributed by atoms with Crippen molar-refractivity contribution in [2.24, 2.45) is 0 Å². The van der Waals surface area contributed by atoms with Crippen molar-refractivity contribution in [1.82, 2.24) is 4.90 Å². The molecule has 0 amide bonds. The zero-order chi connectivity index (χ0) is 16.9. The van der Waals surface area contributed by atoms with E-state index in [1.165, 1.54) is 0 Å². The molecule has 1 heterocycles. The summed E-state index contributed by atoms with van der Waals surface area (Å²) in [5, 5.41) is 2.90. The number of unbranched alkanes of at least 4 members (excludes halogenated alkanes) is 1. The molecule has 1 aliphatic rings. The monoisotopic (exact) mass is 347 g/mol. The van der Waals surface area contributed by atoms with Crippen LogP contribution < -0.4 is 4.74 Å². The Balaban J connectivity index is 1.46. The molecule has 0 saturated carbocycles. The first-order chi connectivity index (χ1) is 11.6. The molecule has 0 bridgehead atoms. The summed E-state index contributed by atoms with van der Waals surface area (Å²) in [6.07, 6.45) is 2.87. The first-order valence-corrected chi connectivity index (χ1v) is 9.19. The number of ether oxygens (including phenoxy) is 2. The third-order valence-electron chi connectivity index (χ3n) is 4.45. The SMILES string of the molecule is C[C@@H]1CN(CCCCOc2ccc(Cl)c3ccccc23)C[C@H](C)O1. The Morgan fingerprint density at radius 2 is 1.75 bits per heavy atom. The highest BCUT2D eigenvalue weighted by Gasteiger charge is 2.21. The summed E-state index contributed by atoms with van der Waals surface area (Å²) < 4.78 is 11.8. The molecule has 3 rings (SSSR count). The second-order valence-corrected chi connectivity index (χ2v) is 7.07.